The number of nitrogens with one attached hydrogen (secondary N) is 1. The zero-order valence-electron chi connectivity index (χ0n) is 23.6. The molecule has 0 aliphatic carbocycles. The lowest BCUT2D eigenvalue weighted by Crippen LogP contribution is -2.51. The number of sulfonamides is 1. The molecule has 12 heteroatoms. The van der Waals surface area contributed by atoms with Gasteiger partial charge in [-0.2, -0.15) is 0 Å². The second-order valence-electron chi connectivity index (χ2n) is 9.43. The Balaban J connectivity index is 2.04. The average Bonchev–Trinajstić information content (AvgIpc) is 2.96. The van der Waals surface area contributed by atoms with Gasteiger partial charge in [0.1, 0.15) is 18.3 Å². The summed E-state index contributed by atoms with van der Waals surface area (Å²) in [6, 6.07) is 16.6. The molecule has 226 valence electrons. The molecule has 3 rings (SSSR count). The van der Waals surface area contributed by atoms with Crippen LogP contribution in [0.2, 0.25) is 10.0 Å². The van der Waals surface area contributed by atoms with Gasteiger partial charge in [-0.1, -0.05) is 58.5 Å². The summed E-state index contributed by atoms with van der Waals surface area (Å²) in [4.78, 5) is 28.5. The quantitative estimate of drug-likeness (QED) is 0.190. The third kappa shape index (κ3) is 8.63. The molecule has 0 fully saturated rings. The summed E-state index contributed by atoms with van der Waals surface area (Å²) in [5.41, 5.74) is 0.705. The lowest BCUT2D eigenvalue weighted by atomic mass is 10.1. The van der Waals surface area contributed by atoms with E-state index in [1.165, 1.54) is 17.0 Å². The molecule has 3 aromatic rings. The summed E-state index contributed by atoms with van der Waals surface area (Å²) in [6.45, 7) is 5.65. The maximum Gasteiger partial charge on any atom is 0.264 e. The molecule has 0 saturated heterocycles. The van der Waals surface area contributed by atoms with Gasteiger partial charge in [0.25, 0.3) is 10.0 Å². The molecule has 0 bridgehead atoms. The summed E-state index contributed by atoms with van der Waals surface area (Å²) in [5.74, 6) is -0.428. The first-order valence-corrected chi connectivity index (χ1v) is 16.5. The molecule has 1 N–H and O–H groups in total. The van der Waals surface area contributed by atoms with E-state index < -0.39 is 28.5 Å². The Kier molecular flexibility index (Phi) is 12.5. The molecule has 8 nitrogen and oxygen atoms in total. The van der Waals surface area contributed by atoms with Crippen LogP contribution in [-0.4, -0.2) is 50.9 Å². The highest BCUT2D eigenvalue weighted by Crippen LogP contribution is 2.29. The summed E-state index contributed by atoms with van der Waals surface area (Å²) in [5, 5.41) is 3.50. The zero-order chi connectivity index (χ0) is 30.9. The van der Waals surface area contributed by atoms with E-state index in [1.54, 1.807) is 61.5 Å². The van der Waals surface area contributed by atoms with E-state index in [-0.39, 0.29) is 23.0 Å². The van der Waals surface area contributed by atoms with Crippen molar-refractivity contribution >= 4 is 66.7 Å². The minimum Gasteiger partial charge on any atom is -0.494 e. The maximum absolute atomic E-state index is 14.1. The van der Waals surface area contributed by atoms with Crippen molar-refractivity contribution in [2.75, 3.05) is 24.0 Å². The van der Waals surface area contributed by atoms with Gasteiger partial charge in [0, 0.05) is 33.2 Å². The number of rotatable bonds is 14. The zero-order valence-corrected chi connectivity index (χ0v) is 27.6. The fourth-order valence-electron chi connectivity index (χ4n) is 4.11. The van der Waals surface area contributed by atoms with Crippen molar-refractivity contribution in [2.24, 2.45) is 0 Å². The van der Waals surface area contributed by atoms with Crippen molar-refractivity contribution in [3.05, 3.63) is 86.8 Å². The van der Waals surface area contributed by atoms with Crippen molar-refractivity contribution in [1.29, 1.82) is 0 Å². The number of hydrogen-bond acceptors (Lipinski definition) is 5. The van der Waals surface area contributed by atoms with Crippen molar-refractivity contribution in [2.45, 2.75) is 51.1 Å². The predicted molar refractivity (Wildman–Crippen MR) is 171 cm³/mol. The van der Waals surface area contributed by atoms with Crippen molar-refractivity contribution in [3.63, 3.8) is 0 Å². The molecule has 0 radical (unpaired) electrons. The van der Waals surface area contributed by atoms with E-state index in [0.717, 1.165) is 17.1 Å². The first-order valence-electron chi connectivity index (χ1n) is 13.5. The number of amides is 2. The van der Waals surface area contributed by atoms with E-state index in [9.17, 15) is 18.0 Å². The summed E-state index contributed by atoms with van der Waals surface area (Å²) >= 11 is 16.2. The molecule has 0 aromatic heterocycles. The maximum atomic E-state index is 14.1. The fourth-order valence-corrected chi connectivity index (χ4v) is 6.31. The first kappa shape index (κ1) is 33.7. The van der Waals surface area contributed by atoms with Crippen LogP contribution in [0.25, 0.3) is 0 Å². The number of anilines is 1. The van der Waals surface area contributed by atoms with Crippen molar-refractivity contribution in [1.82, 2.24) is 10.2 Å². The van der Waals surface area contributed by atoms with E-state index in [0.29, 0.717) is 39.0 Å². The molecule has 0 spiro atoms. The van der Waals surface area contributed by atoms with E-state index in [4.69, 9.17) is 27.9 Å². The molecule has 1 atom stereocenters. The largest absolute Gasteiger partial charge is 0.494 e. The number of benzene rings is 3. The SMILES string of the molecule is CCCCNC(=O)[C@@H](C)N(Cc1c(Cl)cccc1Cl)C(=O)CN(c1ccc(OCC)cc1)S(=O)(=O)c1ccc(Br)cc1. The number of unbranched alkanes of at least 4 members (excludes halogenated alkanes) is 1. The number of halogens is 3. The van der Waals surface area contributed by atoms with Crippen LogP contribution in [0, 0.1) is 0 Å². The van der Waals surface area contributed by atoms with Gasteiger partial charge in [0.15, 0.2) is 0 Å². The van der Waals surface area contributed by atoms with Gasteiger partial charge < -0.3 is 15.0 Å². The number of nitrogens with zero attached hydrogens (tertiary/aromatic N) is 2. The Morgan fingerprint density at radius 2 is 1.60 bits per heavy atom. The summed E-state index contributed by atoms with van der Waals surface area (Å²) in [6.07, 6.45) is 1.66. The minimum atomic E-state index is -4.21. The molecule has 3 aromatic carbocycles. The predicted octanol–water partition coefficient (Wildman–Crippen LogP) is 6.68. The van der Waals surface area contributed by atoms with Crippen LogP contribution in [-0.2, 0) is 26.2 Å². The lowest BCUT2D eigenvalue weighted by molar-refractivity contribution is -0.139. The summed E-state index contributed by atoms with van der Waals surface area (Å²) in [7, 11) is -4.21. The van der Waals surface area contributed by atoms with E-state index in [1.807, 2.05) is 13.8 Å². The monoisotopic (exact) mass is 697 g/mol. The standard InChI is InChI=1S/C30H34BrCl2N3O5S/c1-4-6-18-34-30(38)21(3)35(19-26-27(32)8-7-9-28(26)33)29(37)20-36(23-12-14-24(15-13-23)41-5-2)42(39,40)25-16-10-22(31)11-17-25/h7-17,21H,4-6,18-20H2,1-3H3,(H,34,38)/t21-/m1/s1. The minimum absolute atomic E-state index is 0.00144. The van der Waals surface area contributed by atoms with E-state index >= 15 is 0 Å². The third-order valence-electron chi connectivity index (χ3n) is 6.50. The Morgan fingerprint density at radius 3 is 2.17 bits per heavy atom. The Morgan fingerprint density at radius 1 is 0.976 bits per heavy atom. The highest BCUT2D eigenvalue weighted by molar-refractivity contribution is 9.10. The summed E-state index contributed by atoms with van der Waals surface area (Å²) < 4.78 is 35.1. The molecule has 0 unspecified atom stereocenters. The highest BCUT2D eigenvalue weighted by atomic mass is 79.9. The third-order valence-corrected chi connectivity index (χ3v) is 9.53. The van der Waals surface area contributed by atoms with Crippen molar-refractivity contribution in [3.8, 4) is 5.75 Å². The number of carbonyl (C=O) groups excluding carboxylic acids is 2. The van der Waals surface area contributed by atoms with Crippen LogP contribution in [0.15, 0.2) is 76.1 Å². The first-order chi connectivity index (χ1) is 20.0. The van der Waals surface area contributed by atoms with Crippen LogP contribution in [0.4, 0.5) is 5.69 Å². The number of ether oxygens (including phenoxy) is 1. The molecule has 0 saturated carbocycles. The lowest BCUT2D eigenvalue weighted by Gasteiger charge is -2.32. The smallest absolute Gasteiger partial charge is 0.264 e. The van der Waals surface area contributed by atoms with Gasteiger partial charge in [-0.25, -0.2) is 8.42 Å². The second kappa shape index (κ2) is 15.6. The Hall–Kier alpha value is -2.79. The molecule has 0 aliphatic rings. The highest BCUT2D eigenvalue weighted by Gasteiger charge is 2.33. The van der Waals surface area contributed by atoms with Crippen LogP contribution in [0.3, 0.4) is 0 Å². The molecule has 42 heavy (non-hydrogen) atoms. The van der Waals surface area contributed by atoms with Crippen LogP contribution in [0.1, 0.15) is 39.2 Å². The van der Waals surface area contributed by atoms with Gasteiger partial charge in [-0.3, -0.25) is 13.9 Å². The van der Waals surface area contributed by atoms with Crippen LogP contribution < -0.4 is 14.4 Å². The molecule has 0 aliphatic heterocycles. The van der Waals surface area contributed by atoms with Gasteiger partial charge in [0.2, 0.25) is 11.8 Å². The second-order valence-corrected chi connectivity index (χ2v) is 13.0. The molecular formula is C30H34BrCl2N3O5S. The number of carbonyl (C=O) groups is 2. The van der Waals surface area contributed by atoms with Crippen LogP contribution in [0.5, 0.6) is 5.75 Å². The normalized spacial score (nSPS) is 12.0. The van der Waals surface area contributed by atoms with Gasteiger partial charge in [-0.15, -0.1) is 0 Å². The van der Waals surface area contributed by atoms with Crippen LogP contribution >= 0.6 is 39.1 Å². The van der Waals surface area contributed by atoms with Gasteiger partial charge >= 0.3 is 0 Å². The topological polar surface area (TPSA) is 96.0 Å². The van der Waals surface area contributed by atoms with Gasteiger partial charge in [0.05, 0.1) is 17.2 Å². The van der Waals surface area contributed by atoms with E-state index in [2.05, 4.69) is 21.2 Å². The molecule has 2 amide bonds. The van der Waals surface area contributed by atoms with Gasteiger partial charge in [-0.05, 0) is 80.9 Å². The Labute approximate surface area is 266 Å². The van der Waals surface area contributed by atoms with Crippen molar-refractivity contribution < 1.29 is 22.7 Å². The Bertz CT molecular complexity index is 1450. The number of hydrogen-bond donors (Lipinski definition) is 1. The fraction of sp³-hybridized carbons (Fsp3) is 0.333. The average molecular weight is 699 g/mol. The molecule has 0 heterocycles. The molecular weight excluding hydrogens is 665 g/mol.